The number of rotatable bonds is 6. The van der Waals surface area contributed by atoms with Gasteiger partial charge in [-0.1, -0.05) is 6.92 Å². The highest BCUT2D eigenvalue weighted by molar-refractivity contribution is 14.1. The molecule has 1 heterocycles. The van der Waals surface area contributed by atoms with Crippen LogP contribution < -0.4 is 5.43 Å². The Labute approximate surface area is 153 Å². The van der Waals surface area contributed by atoms with E-state index in [0.717, 1.165) is 3.57 Å². The van der Waals surface area contributed by atoms with Crippen LogP contribution in [0.3, 0.4) is 0 Å². The van der Waals surface area contributed by atoms with Crippen molar-refractivity contribution in [2.75, 3.05) is 13.2 Å². The van der Waals surface area contributed by atoms with Crippen LogP contribution in [0.4, 0.5) is 0 Å². The largest absolute Gasteiger partial charge is 0.462 e. The Kier molecular flexibility index (Phi) is 6.36. The molecule has 0 bridgehead atoms. The molecule has 0 fully saturated rings. The van der Waals surface area contributed by atoms with Crippen molar-refractivity contribution in [3.05, 3.63) is 43.8 Å². The number of nitrogens with zero attached hydrogens (tertiary/aromatic N) is 1. The number of ether oxygens (including phenoxy) is 1. The molecule has 7 heteroatoms. The summed E-state index contributed by atoms with van der Waals surface area (Å²) in [6.07, 6.45) is 0.989. The maximum Gasteiger partial charge on any atom is 0.343 e. The van der Waals surface area contributed by atoms with E-state index in [4.69, 9.17) is 4.74 Å². The molecule has 2 atom stereocenters. The van der Waals surface area contributed by atoms with Gasteiger partial charge in [-0.25, -0.2) is 4.79 Å². The molecule has 130 valence electrons. The normalized spacial score (nSPS) is 13.7. The number of hydrogen-bond acceptors (Lipinski definition) is 5. The van der Waals surface area contributed by atoms with Crippen LogP contribution in [0.5, 0.6) is 0 Å². The maximum atomic E-state index is 12.7. The number of esters is 1. The number of aliphatic hydroxyl groups is 2. The van der Waals surface area contributed by atoms with Crippen molar-refractivity contribution in [3.63, 3.8) is 0 Å². The zero-order chi connectivity index (χ0) is 17.9. The van der Waals surface area contributed by atoms with Gasteiger partial charge in [0, 0.05) is 15.2 Å². The van der Waals surface area contributed by atoms with Crippen molar-refractivity contribution < 1.29 is 19.7 Å². The van der Waals surface area contributed by atoms with Crippen LogP contribution in [0.15, 0.2) is 29.2 Å². The molecule has 2 rings (SSSR count). The Morgan fingerprint density at radius 1 is 1.38 bits per heavy atom. The fourth-order valence-corrected chi connectivity index (χ4v) is 3.11. The second-order valence-corrected chi connectivity index (χ2v) is 6.63. The Bertz CT molecular complexity index is 801. The summed E-state index contributed by atoms with van der Waals surface area (Å²) >= 11 is 2.09. The smallest absolute Gasteiger partial charge is 0.343 e. The fourth-order valence-electron chi connectivity index (χ4n) is 2.62. The molecular weight excluding hydrogens is 425 g/mol. The van der Waals surface area contributed by atoms with Crippen LogP contribution in [-0.4, -0.2) is 40.1 Å². The summed E-state index contributed by atoms with van der Waals surface area (Å²) in [6, 6.07) is 4.60. The van der Waals surface area contributed by atoms with E-state index in [1.165, 1.54) is 6.20 Å². The molecule has 0 saturated carbocycles. The first-order chi connectivity index (χ1) is 11.4. The van der Waals surface area contributed by atoms with Gasteiger partial charge in [0.25, 0.3) is 0 Å². The number of halogens is 1. The molecule has 0 aliphatic heterocycles. The first-order valence-corrected chi connectivity index (χ1v) is 8.82. The van der Waals surface area contributed by atoms with Gasteiger partial charge in [0.15, 0.2) is 0 Å². The number of aliphatic hydroxyl groups excluding tert-OH is 2. The molecule has 0 radical (unpaired) electrons. The SMILES string of the molecule is CCOC(=O)c1cn([C@@H](CO)[C@@H](O)CC)c2ccc(I)cc2c1=O. The highest BCUT2D eigenvalue weighted by atomic mass is 127. The number of carbonyl (C=O) groups is 1. The topological polar surface area (TPSA) is 88.8 Å². The molecule has 2 N–H and O–H groups in total. The summed E-state index contributed by atoms with van der Waals surface area (Å²) in [7, 11) is 0. The Balaban J connectivity index is 2.79. The fraction of sp³-hybridized carbons (Fsp3) is 0.412. The minimum Gasteiger partial charge on any atom is -0.462 e. The number of benzene rings is 1. The average Bonchev–Trinajstić information content (AvgIpc) is 2.57. The lowest BCUT2D eigenvalue weighted by Gasteiger charge is -2.25. The summed E-state index contributed by atoms with van der Waals surface area (Å²) in [4.78, 5) is 24.8. The highest BCUT2D eigenvalue weighted by Gasteiger charge is 2.24. The Morgan fingerprint density at radius 2 is 2.08 bits per heavy atom. The Hall–Kier alpha value is -1.45. The Morgan fingerprint density at radius 3 is 2.67 bits per heavy atom. The second kappa shape index (κ2) is 8.09. The number of aromatic nitrogens is 1. The van der Waals surface area contributed by atoms with E-state index < -0.39 is 23.5 Å². The number of pyridine rings is 1. The third kappa shape index (κ3) is 3.62. The van der Waals surface area contributed by atoms with Gasteiger partial charge in [-0.15, -0.1) is 0 Å². The molecule has 0 saturated heterocycles. The lowest BCUT2D eigenvalue weighted by molar-refractivity contribution is 0.0517. The first-order valence-electron chi connectivity index (χ1n) is 7.75. The van der Waals surface area contributed by atoms with Crippen molar-refractivity contribution in [3.8, 4) is 0 Å². The van der Waals surface area contributed by atoms with Crippen LogP contribution >= 0.6 is 22.6 Å². The van der Waals surface area contributed by atoms with Gasteiger partial charge in [-0.2, -0.15) is 0 Å². The third-order valence-corrected chi connectivity index (χ3v) is 4.57. The van der Waals surface area contributed by atoms with Crippen LogP contribution in [0.25, 0.3) is 10.9 Å². The van der Waals surface area contributed by atoms with Crippen LogP contribution in [0.2, 0.25) is 0 Å². The molecule has 0 aliphatic rings. The molecule has 6 nitrogen and oxygen atoms in total. The monoisotopic (exact) mass is 445 g/mol. The van der Waals surface area contributed by atoms with E-state index in [1.54, 1.807) is 30.5 Å². The molecule has 0 amide bonds. The highest BCUT2D eigenvalue weighted by Crippen LogP contribution is 2.23. The summed E-state index contributed by atoms with van der Waals surface area (Å²) in [6.45, 7) is 3.30. The van der Waals surface area contributed by atoms with Crippen LogP contribution in [-0.2, 0) is 4.74 Å². The van der Waals surface area contributed by atoms with Crippen molar-refractivity contribution >= 4 is 39.5 Å². The van der Waals surface area contributed by atoms with Crippen molar-refractivity contribution in [2.24, 2.45) is 0 Å². The molecule has 1 aromatic carbocycles. The van der Waals surface area contributed by atoms with Crippen molar-refractivity contribution in [1.29, 1.82) is 0 Å². The molecule has 0 aliphatic carbocycles. The summed E-state index contributed by atoms with van der Waals surface area (Å²) in [5.41, 5.74) is 0.0361. The molecule has 24 heavy (non-hydrogen) atoms. The second-order valence-electron chi connectivity index (χ2n) is 5.39. The zero-order valence-electron chi connectivity index (χ0n) is 13.5. The number of fused-ring (bicyclic) bond motifs is 1. The van der Waals surface area contributed by atoms with Crippen molar-refractivity contribution in [2.45, 2.75) is 32.4 Å². The average molecular weight is 445 g/mol. The lowest BCUT2D eigenvalue weighted by atomic mass is 10.1. The molecular formula is C17H20INO5. The number of hydrogen-bond donors (Lipinski definition) is 2. The van der Waals surface area contributed by atoms with Gasteiger partial charge < -0.3 is 19.5 Å². The van der Waals surface area contributed by atoms with Gasteiger partial charge >= 0.3 is 5.97 Å². The van der Waals surface area contributed by atoms with Crippen LogP contribution in [0, 0.1) is 3.57 Å². The van der Waals surface area contributed by atoms with Crippen molar-refractivity contribution in [1.82, 2.24) is 4.57 Å². The molecule has 0 spiro atoms. The molecule has 0 unspecified atom stereocenters. The minimum absolute atomic E-state index is 0.104. The van der Waals surface area contributed by atoms with E-state index in [-0.39, 0.29) is 18.8 Å². The zero-order valence-corrected chi connectivity index (χ0v) is 15.7. The van der Waals surface area contributed by atoms with E-state index >= 15 is 0 Å². The standard InChI is InChI=1S/C17H20INO5/c1-3-15(21)14(9-20)19-8-12(17(23)24-4-2)16(22)11-7-10(18)5-6-13(11)19/h5-8,14-15,20-21H,3-4,9H2,1-2H3/t14-,15-/m0/s1. The van der Waals surface area contributed by atoms with Gasteiger partial charge in [0.05, 0.1) is 30.9 Å². The van der Waals surface area contributed by atoms with E-state index in [0.29, 0.717) is 17.3 Å². The minimum atomic E-state index is -0.810. The summed E-state index contributed by atoms with van der Waals surface area (Å²) in [5.74, 6) is -0.709. The van der Waals surface area contributed by atoms with E-state index in [9.17, 15) is 19.8 Å². The predicted octanol–water partition coefficient (Wildman–Crippen LogP) is 2.09. The maximum absolute atomic E-state index is 12.7. The van der Waals surface area contributed by atoms with E-state index in [1.807, 2.05) is 6.07 Å². The number of carbonyl (C=O) groups excluding carboxylic acids is 1. The molecule has 2 aromatic rings. The predicted molar refractivity (Wildman–Crippen MR) is 99.3 cm³/mol. The summed E-state index contributed by atoms with van der Waals surface area (Å²) in [5, 5.41) is 20.3. The van der Waals surface area contributed by atoms with Crippen LogP contribution in [0.1, 0.15) is 36.7 Å². The quantitative estimate of drug-likeness (QED) is 0.525. The van der Waals surface area contributed by atoms with Gasteiger partial charge in [-0.05, 0) is 54.1 Å². The molecule has 1 aromatic heterocycles. The first kappa shape index (κ1) is 18.9. The van der Waals surface area contributed by atoms with Gasteiger partial charge in [0.2, 0.25) is 5.43 Å². The lowest BCUT2D eigenvalue weighted by Crippen LogP contribution is -2.30. The van der Waals surface area contributed by atoms with E-state index in [2.05, 4.69) is 22.6 Å². The third-order valence-electron chi connectivity index (χ3n) is 3.90. The van der Waals surface area contributed by atoms with Gasteiger partial charge in [-0.3, -0.25) is 4.79 Å². The van der Waals surface area contributed by atoms with Gasteiger partial charge in [0.1, 0.15) is 5.56 Å². The summed E-state index contributed by atoms with van der Waals surface area (Å²) < 4.78 is 7.40.